The molecule has 0 unspecified atom stereocenters. The minimum Gasteiger partial charge on any atom is -0.473 e. The molecular weight excluding hydrogens is 398 g/mol. The molecular formula is C16H24ClN3O4S2. The number of carbonyl (C=O) groups is 2. The Bertz CT molecular complexity index is 598. The molecule has 7 nitrogen and oxygen atoms in total. The van der Waals surface area contributed by atoms with Crippen LogP contribution in [-0.4, -0.2) is 67.6 Å². The van der Waals surface area contributed by atoms with Crippen molar-refractivity contribution in [1.29, 1.82) is 0 Å². The lowest BCUT2D eigenvalue weighted by molar-refractivity contribution is -0.159. The number of rotatable bonds is 8. The van der Waals surface area contributed by atoms with Gasteiger partial charge in [-0.3, -0.25) is 0 Å². The molecule has 2 heterocycles. The number of hydrogen-bond donors (Lipinski definition) is 2. The lowest BCUT2D eigenvalue weighted by Crippen LogP contribution is -2.25. The van der Waals surface area contributed by atoms with Gasteiger partial charge in [-0.2, -0.15) is 8.75 Å². The first kappa shape index (κ1) is 22.9. The van der Waals surface area contributed by atoms with E-state index in [4.69, 9.17) is 31.4 Å². The van der Waals surface area contributed by atoms with E-state index in [0.29, 0.717) is 0 Å². The van der Waals surface area contributed by atoms with Gasteiger partial charge in [0.15, 0.2) is 0 Å². The van der Waals surface area contributed by atoms with Crippen molar-refractivity contribution >= 4 is 52.6 Å². The second kappa shape index (κ2) is 13.1. The topological polar surface area (TPSA) is 104 Å². The first-order valence-electron chi connectivity index (χ1n) is 8.31. The number of aromatic nitrogens is 2. The van der Waals surface area contributed by atoms with Crippen LogP contribution in [0.1, 0.15) is 37.8 Å². The van der Waals surface area contributed by atoms with Gasteiger partial charge < -0.3 is 15.1 Å². The van der Waals surface area contributed by atoms with E-state index >= 15 is 0 Å². The fourth-order valence-corrected chi connectivity index (χ4v) is 4.16. The number of carboxylic acids is 2. The Kier molecular flexibility index (Phi) is 11.5. The van der Waals surface area contributed by atoms with E-state index in [9.17, 15) is 0 Å². The summed E-state index contributed by atoms with van der Waals surface area (Å²) >= 11 is 8.87. The summed E-state index contributed by atoms with van der Waals surface area (Å²) in [6.07, 6.45) is 8.31. The summed E-state index contributed by atoms with van der Waals surface area (Å²) in [5.41, 5.74) is 2.46. The van der Waals surface area contributed by atoms with Gasteiger partial charge in [0.05, 0.1) is 11.7 Å². The van der Waals surface area contributed by atoms with Crippen molar-refractivity contribution in [2.75, 3.05) is 31.8 Å². The van der Waals surface area contributed by atoms with E-state index in [1.165, 1.54) is 36.6 Å². The van der Waals surface area contributed by atoms with Crippen molar-refractivity contribution in [2.24, 2.45) is 0 Å². The Morgan fingerprint density at radius 1 is 1.23 bits per heavy atom. The van der Waals surface area contributed by atoms with Crippen LogP contribution >= 0.6 is 35.1 Å². The van der Waals surface area contributed by atoms with Gasteiger partial charge in [0.1, 0.15) is 10.7 Å². The molecule has 0 spiro atoms. The second-order valence-electron chi connectivity index (χ2n) is 5.74. The Morgan fingerprint density at radius 2 is 1.92 bits per heavy atom. The SMILES string of the molecule is CN1CCC=C(c2nsnc2SCCCCCCCl)C1.O=C(O)C(=O)O. The molecule has 0 aromatic carbocycles. The number of hydrogen-bond acceptors (Lipinski definition) is 7. The number of thioether (sulfide) groups is 1. The van der Waals surface area contributed by atoms with Crippen LogP contribution < -0.4 is 0 Å². The summed E-state index contributed by atoms with van der Waals surface area (Å²) < 4.78 is 8.96. The molecule has 1 aromatic rings. The molecule has 0 atom stereocenters. The highest BCUT2D eigenvalue weighted by Crippen LogP contribution is 2.29. The quantitative estimate of drug-likeness (QED) is 0.285. The van der Waals surface area contributed by atoms with Crippen LogP contribution in [0.5, 0.6) is 0 Å². The predicted molar refractivity (Wildman–Crippen MR) is 105 cm³/mol. The minimum absolute atomic E-state index is 0.787. The highest BCUT2D eigenvalue weighted by molar-refractivity contribution is 7.99. The molecule has 0 saturated carbocycles. The molecule has 0 radical (unpaired) electrons. The maximum atomic E-state index is 9.10. The third kappa shape index (κ3) is 8.98. The monoisotopic (exact) mass is 421 g/mol. The van der Waals surface area contributed by atoms with Gasteiger partial charge in [-0.15, -0.1) is 23.4 Å². The van der Waals surface area contributed by atoms with E-state index in [1.54, 1.807) is 0 Å². The third-order valence-electron chi connectivity index (χ3n) is 3.55. The normalized spacial score (nSPS) is 14.3. The molecule has 1 aromatic heterocycles. The van der Waals surface area contributed by atoms with Gasteiger partial charge in [-0.05, 0) is 37.6 Å². The van der Waals surface area contributed by atoms with Crippen LogP contribution in [0.4, 0.5) is 0 Å². The Morgan fingerprint density at radius 3 is 2.54 bits per heavy atom. The van der Waals surface area contributed by atoms with Crippen molar-refractivity contribution in [1.82, 2.24) is 13.6 Å². The van der Waals surface area contributed by atoms with Gasteiger partial charge in [0.25, 0.3) is 0 Å². The van der Waals surface area contributed by atoms with Gasteiger partial charge in [0, 0.05) is 19.0 Å². The average molecular weight is 422 g/mol. The van der Waals surface area contributed by atoms with Crippen LogP contribution in [0.2, 0.25) is 0 Å². The molecule has 10 heteroatoms. The van der Waals surface area contributed by atoms with Crippen LogP contribution in [-0.2, 0) is 9.59 Å². The summed E-state index contributed by atoms with van der Waals surface area (Å²) in [4.78, 5) is 20.5. The van der Waals surface area contributed by atoms with E-state index in [0.717, 1.165) is 48.3 Å². The van der Waals surface area contributed by atoms with Crippen LogP contribution in [0.3, 0.4) is 0 Å². The molecule has 0 aliphatic carbocycles. The number of nitrogens with zero attached hydrogens (tertiary/aromatic N) is 3. The molecule has 146 valence electrons. The molecule has 1 aliphatic rings. The van der Waals surface area contributed by atoms with Crippen molar-refractivity contribution in [3.63, 3.8) is 0 Å². The molecule has 0 fully saturated rings. The zero-order chi connectivity index (χ0) is 19.4. The number of aliphatic carboxylic acids is 2. The number of halogens is 1. The smallest absolute Gasteiger partial charge is 0.414 e. The lowest BCUT2D eigenvalue weighted by Gasteiger charge is -2.22. The van der Waals surface area contributed by atoms with E-state index in [-0.39, 0.29) is 0 Å². The van der Waals surface area contributed by atoms with Crippen molar-refractivity contribution in [2.45, 2.75) is 37.1 Å². The lowest BCUT2D eigenvalue weighted by atomic mass is 10.1. The molecule has 1 aliphatic heterocycles. The maximum absolute atomic E-state index is 9.10. The standard InChI is InChI=1S/C14H22ClN3S2.C2H2O4/c1-18-9-6-7-12(11-18)13-14(17-20-16-13)19-10-5-3-2-4-8-15;3-1(4)2(5)6/h7H,2-6,8-11H2,1H3;(H,3,4)(H,5,6). The van der Waals surface area contributed by atoms with E-state index in [1.807, 2.05) is 11.8 Å². The first-order valence-corrected chi connectivity index (χ1v) is 10.6. The highest BCUT2D eigenvalue weighted by Gasteiger charge is 2.17. The largest absolute Gasteiger partial charge is 0.473 e. The maximum Gasteiger partial charge on any atom is 0.414 e. The number of carboxylic acid groups (broad SMARTS) is 2. The fraction of sp³-hybridized carbons (Fsp3) is 0.625. The van der Waals surface area contributed by atoms with Crippen LogP contribution in [0.25, 0.3) is 5.57 Å². The summed E-state index contributed by atoms with van der Waals surface area (Å²) in [5, 5.41) is 15.9. The van der Waals surface area contributed by atoms with Gasteiger partial charge in [-0.25, -0.2) is 9.59 Å². The van der Waals surface area contributed by atoms with Crippen LogP contribution in [0.15, 0.2) is 11.1 Å². The Balaban J connectivity index is 0.000000487. The zero-order valence-electron chi connectivity index (χ0n) is 14.7. The third-order valence-corrected chi connectivity index (χ3v) is 5.52. The molecule has 26 heavy (non-hydrogen) atoms. The van der Waals surface area contributed by atoms with Gasteiger partial charge in [0.2, 0.25) is 0 Å². The summed E-state index contributed by atoms with van der Waals surface area (Å²) in [5.74, 6) is -1.73. The number of likely N-dealkylation sites (N-methyl/N-ethyl adjacent to an activating group) is 1. The average Bonchev–Trinajstić information content (AvgIpc) is 3.07. The Hall–Kier alpha value is -1.16. The fourth-order valence-electron chi connectivity index (χ4n) is 2.26. The first-order chi connectivity index (χ1) is 12.5. The summed E-state index contributed by atoms with van der Waals surface area (Å²) in [6.45, 7) is 2.14. The summed E-state index contributed by atoms with van der Waals surface area (Å²) in [6, 6.07) is 0. The van der Waals surface area contributed by atoms with E-state index in [2.05, 4.69) is 26.8 Å². The van der Waals surface area contributed by atoms with Crippen molar-refractivity contribution in [3.8, 4) is 0 Å². The molecule has 0 bridgehead atoms. The highest BCUT2D eigenvalue weighted by atomic mass is 35.5. The van der Waals surface area contributed by atoms with Gasteiger partial charge in [-0.1, -0.05) is 18.9 Å². The molecule has 2 N–H and O–H groups in total. The second-order valence-corrected chi connectivity index (χ2v) is 7.73. The summed E-state index contributed by atoms with van der Waals surface area (Å²) in [7, 11) is 2.16. The van der Waals surface area contributed by atoms with Crippen LogP contribution in [0, 0.1) is 0 Å². The molecule has 2 rings (SSSR count). The molecule has 0 amide bonds. The number of alkyl halides is 1. The van der Waals surface area contributed by atoms with E-state index < -0.39 is 11.9 Å². The van der Waals surface area contributed by atoms with Crippen molar-refractivity contribution < 1.29 is 19.8 Å². The minimum atomic E-state index is -1.82. The Labute approximate surface area is 166 Å². The molecule has 0 saturated heterocycles. The predicted octanol–water partition coefficient (Wildman–Crippen LogP) is 3.30. The zero-order valence-corrected chi connectivity index (χ0v) is 17.1. The van der Waals surface area contributed by atoms with Crippen molar-refractivity contribution in [3.05, 3.63) is 11.8 Å². The number of unbranched alkanes of at least 4 members (excludes halogenated alkanes) is 3. The van der Waals surface area contributed by atoms with Gasteiger partial charge >= 0.3 is 11.9 Å².